The van der Waals surface area contributed by atoms with Crippen molar-refractivity contribution in [2.24, 2.45) is 4.99 Å². The maximum absolute atomic E-state index is 12.5. The number of carbonyl (C=O) groups excluding carboxylic acids is 1. The summed E-state index contributed by atoms with van der Waals surface area (Å²) in [5.74, 6) is 0.199. The van der Waals surface area contributed by atoms with Crippen LogP contribution in [-0.2, 0) is 16.1 Å². The van der Waals surface area contributed by atoms with Crippen LogP contribution in [0.25, 0.3) is 6.08 Å². The van der Waals surface area contributed by atoms with Gasteiger partial charge < -0.3 is 14.2 Å². The predicted octanol–water partition coefficient (Wildman–Crippen LogP) is 6.99. The van der Waals surface area contributed by atoms with Gasteiger partial charge >= 0.3 is 5.97 Å². The van der Waals surface area contributed by atoms with Crippen LogP contribution in [0.15, 0.2) is 69.8 Å². The maximum atomic E-state index is 12.5. The van der Waals surface area contributed by atoms with Gasteiger partial charge in [-0.15, -0.1) is 0 Å². The van der Waals surface area contributed by atoms with Crippen LogP contribution < -0.4 is 9.47 Å². The van der Waals surface area contributed by atoms with E-state index in [9.17, 15) is 14.9 Å². The van der Waals surface area contributed by atoms with E-state index in [1.165, 1.54) is 24.3 Å². The van der Waals surface area contributed by atoms with Gasteiger partial charge in [0.1, 0.15) is 11.6 Å². The van der Waals surface area contributed by atoms with Crippen molar-refractivity contribution in [2.75, 3.05) is 6.61 Å². The minimum atomic E-state index is -0.696. The topological polar surface area (TPSA) is 100 Å². The highest BCUT2D eigenvalue weighted by molar-refractivity contribution is 9.10. The Morgan fingerprint density at radius 2 is 1.94 bits per heavy atom. The molecule has 1 aliphatic rings. The molecule has 4 rings (SSSR count). The lowest BCUT2D eigenvalue weighted by Gasteiger charge is -2.15. The summed E-state index contributed by atoms with van der Waals surface area (Å²) in [6.07, 6.45) is 1.52. The Bertz CT molecular complexity index is 1420. The Hall–Kier alpha value is -3.40. The number of aliphatic imine (C=N–C) groups is 1. The SMILES string of the molecule is CCOc1cc(C=C2N=C(c3ccc(Cl)c([N+](=O)[O-])c3)OC2=O)cc(Br)c1OCc1cccc(Cl)c1. The second-order valence-electron chi connectivity index (χ2n) is 7.44. The second kappa shape index (κ2) is 11.1. The average molecular weight is 592 g/mol. The number of nitro groups is 1. The van der Waals surface area contributed by atoms with Crippen LogP contribution in [0.3, 0.4) is 0 Å². The largest absolute Gasteiger partial charge is 0.490 e. The first-order valence-corrected chi connectivity index (χ1v) is 12.1. The van der Waals surface area contributed by atoms with Crippen LogP contribution in [0.1, 0.15) is 23.6 Å². The van der Waals surface area contributed by atoms with Crippen molar-refractivity contribution < 1.29 is 23.9 Å². The van der Waals surface area contributed by atoms with E-state index in [4.69, 9.17) is 37.4 Å². The molecule has 184 valence electrons. The number of hydrogen-bond acceptors (Lipinski definition) is 7. The zero-order valence-electron chi connectivity index (χ0n) is 18.7. The Labute approximate surface area is 224 Å². The van der Waals surface area contributed by atoms with Gasteiger partial charge in [0, 0.05) is 16.7 Å². The van der Waals surface area contributed by atoms with Crippen molar-refractivity contribution in [1.82, 2.24) is 0 Å². The van der Waals surface area contributed by atoms with Crippen LogP contribution in [0, 0.1) is 10.1 Å². The van der Waals surface area contributed by atoms with Gasteiger partial charge in [0.15, 0.2) is 17.2 Å². The van der Waals surface area contributed by atoms with Gasteiger partial charge in [-0.3, -0.25) is 10.1 Å². The number of nitro benzene ring substituents is 1. The molecule has 3 aromatic rings. The highest BCUT2D eigenvalue weighted by Gasteiger charge is 2.26. The molecule has 0 amide bonds. The fourth-order valence-corrected chi connectivity index (χ4v) is 4.31. The lowest BCUT2D eigenvalue weighted by atomic mass is 10.1. The number of benzene rings is 3. The third-order valence-electron chi connectivity index (χ3n) is 4.92. The number of rotatable bonds is 8. The highest BCUT2D eigenvalue weighted by Crippen LogP contribution is 2.38. The summed E-state index contributed by atoms with van der Waals surface area (Å²) in [6.45, 7) is 2.50. The van der Waals surface area contributed by atoms with Crippen molar-refractivity contribution >= 4 is 62.8 Å². The van der Waals surface area contributed by atoms with Gasteiger partial charge in [0.25, 0.3) is 5.69 Å². The quantitative estimate of drug-likeness (QED) is 0.121. The Morgan fingerprint density at radius 1 is 1.14 bits per heavy atom. The van der Waals surface area contributed by atoms with Crippen LogP contribution in [-0.4, -0.2) is 23.4 Å². The second-order valence-corrected chi connectivity index (χ2v) is 9.14. The minimum absolute atomic E-state index is 0.0181. The molecule has 0 radical (unpaired) electrons. The third-order valence-corrected chi connectivity index (χ3v) is 6.06. The molecular formula is C25H17BrCl2N2O6. The Balaban J connectivity index is 1.63. The van der Waals surface area contributed by atoms with Gasteiger partial charge in [-0.2, -0.15) is 0 Å². The van der Waals surface area contributed by atoms with E-state index < -0.39 is 10.9 Å². The van der Waals surface area contributed by atoms with Crippen LogP contribution in [0.5, 0.6) is 11.5 Å². The zero-order chi connectivity index (χ0) is 25.8. The first kappa shape index (κ1) is 25.7. The molecule has 1 heterocycles. The van der Waals surface area contributed by atoms with Gasteiger partial charge in [-0.25, -0.2) is 9.79 Å². The van der Waals surface area contributed by atoms with Crippen LogP contribution >= 0.6 is 39.1 Å². The molecule has 0 atom stereocenters. The van der Waals surface area contributed by atoms with Gasteiger partial charge in [0.05, 0.1) is 16.0 Å². The number of esters is 1. The van der Waals surface area contributed by atoms with Gasteiger partial charge in [0.2, 0.25) is 5.90 Å². The summed E-state index contributed by atoms with van der Waals surface area (Å²) < 4.78 is 17.6. The van der Waals surface area contributed by atoms with E-state index in [2.05, 4.69) is 20.9 Å². The number of cyclic esters (lactones) is 1. The Kier molecular flexibility index (Phi) is 7.93. The van der Waals surface area contributed by atoms with Crippen LogP contribution in [0.4, 0.5) is 5.69 Å². The standard InChI is InChI=1S/C25H17BrCl2N2O6/c1-2-34-22-11-15(9-18(26)23(22)35-13-14-4-3-5-17(27)8-14)10-20-25(31)36-24(29-20)16-6-7-19(28)21(12-16)30(32)33/h3-12H,2,13H2,1H3. The van der Waals surface area contributed by atoms with E-state index in [1.807, 2.05) is 25.1 Å². The van der Waals surface area contributed by atoms with Gasteiger partial charge in [-0.05, 0) is 76.5 Å². The van der Waals surface area contributed by atoms with Crippen molar-refractivity contribution in [3.8, 4) is 11.5 Å². The minimum Gasteiger partial charge on any atom is -0.490 e. The molecule has 1 aliphatic heterocycles. The maximum Gasteiger partial charge on any atom is 0.363 e. The summed E-state index contributed by atoms with van der Waals surface area (Å²) in [4.78, 5) is 27.2. The number of hydrogen-bond donors (Lipinski definition) is 0. The highest BCUT2D eigenvalue weighted by atomic mass is 79.9. The molecule has 3 aromatic carbocycles. The first-order valence-electron chi connectivity index (χ1n) is 10.6. The summed E-state index contributed by atoms with van der Waals surface area (Å²) >= 11 is 15.4. The molecule has 0 spiro atoms. The monoisotopic (exact) mass is 590 g/mol. The van der Waals surface area contributed by atoms with Crippen molar-refractivity contribution in [3.05, 3.63) is 102 Å². The summed E-state index contributed by atoms with van der Waals surface area (Å²) in [5, 5.41) is 11.8. The first-order chi connectivity index (χ1) is 17.2. The number of nitrogens with zero attached hydrogens (tertiary/aromatic N) is 2. The van der Waals surface area contributed by atoms with Crippen molar-refractivity contribution in [2.45, 2.75) is 13.5 Å². The lowest BCUT2D eigenvalue weighted by Crippen LogP contribution is -2.06. The predicted molar refractivity (Wildman–Crippen MR) is 140 cm³/mol. The average Bonchev–Trinajstić information content (AvgIpc) is 3.19. The fraction of sp³-hybridized carbons (Fsp3) is 0.120. The molecule has 0 bridgehead atoms. The van der Waals surface area contributed by atoms with Crippen LogP contribution in [0.2, 0.25) is 10.0 Å². The normalized spacial score (nSPS) is 13.9. The smallest absolute Gasteiger partial charge is 0.363 e. The lowest BCUT2D eigenvalue weighted by molar-refractivity contribution is -0.384. The molecule has 11 heteroatoms. The molecule has 0 unspecified atom stereocenters. The third kappa shape index (κ3) is 5.87. The summed E-state index contributed by atoms with van der Waals surface area (Å²) in [6, 6.07) is 14.8. The van der Waals surface area contributed by atoms with E-state index >= 15 is 0 Å². The van der Waals surface area contributed by atoms with Crippen molar-refractivity contribution in [3.63, 3.8) is 0 Å². The molecule has 0 aromatic heterocycles. The number of carbonyl (C=O) groups is 1. The van der Waals surface area contributed by atoms with Crippen molar-refractivity contribution in [1.29, 1.82) is 0 Å². The molecular weight excluding hydrogens is 575 g/mol. The zero-order valence-corrected chi connectivity index (χ0v) is 21.8. The molecule has 0 fully saturated rings. The number of halogens is 3. The Morgan fingerprint density at radius 3 is 2.67 bits per heavy atom. The molecule has 36 heavy (non-hydrogen) atoms. The van der Waals surface area contributed by atoms with Gasteiger partial charge in [-0.1, -0.05) is 35.3 Å². The van der Waals surface area contributed by atoms with E-state index in [1.54, 1.807) is 18.2 Å². The molecule has 0 saturated heterocycles. The summed E-state index contributed by atoms with van der Waals surface area (Å²) in [5.41, 5.74) is 1.44. The fourth-order valence-electron chi connectivity index (χ4n) is 3.33. The molecule has 8 nitrogen and oxygen atoms in total. The number of ether oxygens (including phenoxy) is 3. The molecule has 0 aliphatic carbocycles. The molecule has 0 N–H and O–H groups in total. The van der Waals surface area contributed by atoms with E-state index in [0.29, 0.717) is 33.2 Å². The van der Waals surface area contributed by atoms with E-state index in [0.717, 1.165) is 5.56 Å². The molecule has 0 saturated carbocycles. The van der Waals surface area contributed by atoms with E-state index in [-0.39, 0.29) is 34.5 Å². The summed E-state index contributed by atoms with van der Waals surface area (Å²) in [7, 11) is 0.